The second-order valence-electron chi connectivity index (χ2n) is 5.18. The Morgan fingerprint density at radius 3 is 2.60 bits per heavy atom. The third-order valence-corrected chi connectivity index (χ3v) is 3.70. The third-order valence-electron chi connectivity index (χ3n) is 3.70. The summed E-state index contributed by atoms with van der Waals surface area (Å²) in [5.74, 6) is 2.56. The van der Waals surface area contributed by atoms with E-state index in [1.54, 1.807) is 0 Å². The number of hydrogen-bond donors (Lipinski definition) is 2. The molecule has 114 valence electrons. The zero-order valence-corrected chi connectivity index (χ0v) is 14.9. The fourth-order valence-electron chi connectivity index (χ4n) is 2.17. The summed E-state index contributed by atoms with van der Waals surface area (Å²) in [5, 5.41) is 10.6. The minimum Gasteiger partial charge on any atom is -0.361 e. The number of aliphatic imine (C=N–C) groups is 1. The fraction of sp³-hybridized carbons (Fsp3) is 0.714. The molecule has 1 heterocycles. The molecule has 0 unspecified atom stereocenters. The molecule has 1 aromatic rings. The van der Waals surface area contributed by atoms with Crippen LogP contribution in [-0.2, 0) is 6.54 Å². The summed E-state index contributed by atoms with van der Waals surface area (Å²) in [7, 11) is 0. The molecule has 1 fully saturated rings. The van der Waals surface area contributed by atoms with Gasteiger partial charge in [0.05, 0.1) is 12.2 Å². The van der Waals surface area contributed by atoms with Crippen molar-refractivity contribution in [3.63, 3.8) is 0 Å². The van der Waals surface area contributed by atoms with Crippen LogP contribution in [0.5, 0.6) is 0 Å². The third kappa shape index (κ3) is 4.64. The van der Waals surface area contributed by atoms with Gasteiger partial charge < -0.3 is 15.2 Å². The summed E-state index contributed by atoms with van der Waals surface area (Å²) in [4.78, 5) is 4.60. The number of hydrogen-bond acceptors (Lipinski definition) is 3. The SMILES string of the molecule is CCNC(=NCc1c(C)noc1C)NCC1CCC1.I. The Bertz CT molecular complexity index is 421. The van der Waals surface area contributed by atoms with Crippen LogP contribution in [0, 0.1) is 19.8 Å². The van der Waals surface area contributed by atoms with E-state index in [2.05, 4.69) is 27.7 Å². The van der Waals surface area contributed by atoms with Crippen molar-refractivity contribution in [1.29, 1.82) is 0 Å². The van der Waals surface area contributed by atoms with E-state index in [9.17, 15) is 0 Å². The van der Waals surface area contributed by atoms with Crippen molar-refractivity contribution in [2.45, 2.75) is 46.6 Å². The van der Waals surface area contributed by atoms with Gasteiger partial charge in [-0.25, -0.2) is 4.99 Å². The lowest BCUT2D eigenvalue weighted by Gasteiger charge is -2.26. The first-order chi connectivity index (χ1) is 9.20. The molecule has 2 N–H and O–H groups in total. The van der Waals surface area contributed by atoms with Crippen molar-refractivity contribution < 1.29 is 4.52 Å². The summed E-state index contributed by atoms with van der Waals surface area (Å²) in [6.07, 6.45) is 4.06. The van der Waals surface area contributed by atoms with Gasteiger partial charge in [-0.2, -0.15) is 0 Å². The second kappa shape index (κ2) is 8.49. The van der Waals surface area contributed by atoms with Gasteiger partial charge in [-0.15, -0.1) is 24.0 Å². The average Bonchev–Trinajstić information content (AvgIpc) is 2.64. The molecule has 0 atom stereocenters. The molecule has 0 aromatic carbocycles. The van der Waals surface area contributed by atoms with E-state index >= 15 is 0 Å². The highest BCUT2D eigenvalue weighted by Crippen LogP contribution is 2.25. The molecule has 1 aromatic heterocycles. The molecular formula is C14H25IN4O. The van der Waals surface area contributed by atoms with E-state index < -0.39 is 0 Å². The number of aryl methyl sites for hydroxylation is 2. The maximum atomic E-state index is 5.15. The van der Waals surface area contributed by atoms with E-state index in [1.165, 1.54) is 19.3 Å². The van der Waals surface area contributed by atoms with Gasteiger partial charge in [0.15, 0.2) is 5.96 Å². The summed E-state index contributed by atoms with van der Waals surface area (Å²) in [6.45, 7) is 8.47. The van der Waals surface area contributed by atoms with Gasteiger partial charge in [-0.05, 0) is 39.5 Å². The Morgan fingerprint density at radius 2 is 2.10 bits per heavy atom. The number of halogens is 1. The van der Waals surface area contributed by atoms with E-state index in [-0.39, 0.29) is 24.0 Å². The van der Waals surface area contributed by atoms with Crippen LogP contribution in [0.1, 0.15) is 43.2 Å². The quantitative estimate of drug-likeness (QED) is 0.460. The summed E-state index contributed by atoms with van der Waals surface area (Å²) >= 11 is 0. The molecule has 0 saturated heterocycles. The van der Waals surface area contributed by atoms with Crippen LogP contribution in [-0.4, -0.2) is 24.2 Å². The van der Waals surface area contributed by atoms with Crippen LogP contribution in [0.2, 0.25) is 0 Å². The smallest absolute Gasteiger partial charge is 0.191 e. The van der Waals surface area contributed by atoms with Crippen LogP contribution >= 0.6 is 24.0 Å². The number of aromatic nitrogens is 1. The number of nitrogens with zero attached hydrogens (tertiary/aromatic N) is 2. The number of guanidine groups is 1. The minimum atomic E-state index is 0. The highest BCUT2D eigenvalue weighted by molar-refractivity contribution is 14.0. The Kier molecular flexibility index (Phi) is 7.32. The van der Waals surface area contributed by atoms with E-state index in [0.717, 1.165) is 42.0 Å². The van der Waals surface area contributed by atoms with Crippen LogP contribution in [0.3, 0.4) is 0 Å². The van der Waals surface area contributed by atoms with Crippen LogP contribution in [0.15, 0.2) is 9.52 Å². The molecule has 0 amide bonds. The molecule has 0 bridgehead atoms. The zero-order chi connectivity index (χ0) is 13.7. The molecule has 1 aliphatic rings. The lowest BCUT2D eigenvalue weighted by Crippen LogP contribution is -2.41. The van der Waals surface area contributed by atoms with Crippen molar-refractivity contribution in [2.75, 3.05) is 13.1 Å². The molecule has 2 rings (SSSR count). The highest BCUT2D eigenvalue weighted by Gasteiger charge is 2.17. The van der Waals surface area contributed by atoms with Crippen LogP contribution in [0.25, 0.3) is 0 Å². The predicted molar refractivity (Wildman–Crippen MR) is 91.6 cm³/mol. The summed E-state index contributed by atoms with van der Waals surface area (Å²) in [6, 6.07) is 0. The average molecular weight is 392 g/mol. The van der Waals surface area contributed by atoms with Crippen molar-refractivity contribution in [3.05, 3.63) is 17.0 Å². The van der Waals surface area contributed by atoms with Crippen LogP contribution in [0.4, 0.5) is 0 Å². The Hall–Kier alpha value is -0.790. The Labute approximate surface area is 138 Å². The second-order valence-corrected chi connectivity index (χ2v) is 5.18. The lowest BCUT2D eigenvalue weighted by atomic mass is 9.85. The normalized spacial score (nSPS) is 15.4. The van der Waals surface area contributed by atoms with Crippen molar-refractivity contribution >= 4 is 29.9 Å². The monoisotopic (exact) mass is 392 g/mol. The Morgan fingerprint density at radius 1 is 1.35 bits per heavy atom. The first-order valence-electron chi connectivity index (χ1n) is 7.14. The largest absolute Gasteiger partial charge is 0.361 e. The first-order valence-corrected chi connectivity index (χ1v) is 7.14. The van der Waals surface area contributed by atoms with Gasteiger partial charge in [0.1, 0.15) is 5.76 Å². The van der Waals surface area contributed by atoms with Crippen molar-refractivity contribution in [2.24, 2.45) is 10.9 Å². The molecule has 0 radical (unpaired) electrons. The van der Waals surface area contributed by atoms with E-state index in [0.29, 0.717) is 6.54 Å². The molecule has 20 heavy (non-hydrogen) atoms. The number of nitrogens with one attached hydrogen (secondary N) is 2. The van der Waals surface area contributed by atoms with Gasteiger partial charge in [-0.1, -0.05) is 11.6 Å². The first kappa shape index (κ1) is 17.3. The predicted octanol–water partition coefficient (Wildman–Crippen LogP) is 2.76. The summed E-state index contributed by atoms with van der Waals surface area (Å²) in [5.41, 5.74) is 2.01. The van der Waals surface area contributed by atoms with Crippen LogP contribution < -0.4 is 10.6 Å². The van der Waals surface area contributed by atoms with E-state index in [4.69, 9.17) is 4.52 Å². The molecule has 5 nitrogen and oxygen atoms in total. The molecule has 0 spiro atoms. The molecule has 6 heteroatoms. The molecular weight excluding hydrogens is 367 g/mol. The van der Waals surface area contributed by atoms with Gasteiger partial charge >= 0.3 is 0 Å². The maximum Gasteiger partial charge on any atom is 0.191 e. The van der Waals surface area contributed by atoms with Gasteiger partial charge in [0, 0.05) is 18.7 Å². The fourth-order valence-corrected chi connectivity index (χ4v) is 2.17. The van der Waals surface area contributed by atoms with Gasteiger partial charge in [0.25, 0.3) is 0 Å². The topological polar surface area (TPSA) is 62.5 Å². The van der Waals surface area contributed by atoms with Gasteiger partial charge in [0.2, 0.25) is 0 Å². The van der Waals surface area contributed by atoms with Crippen molar-refractivity contribution in [3.8, 4) is 0 Å². The number of rotatable bonds is 5. The van der Waals surface area contributed by atoms with Crippen molar-refractivity contribution in [1.82, 2.24) is 15.8 Å². The Balaban J connectivity index is 0.00000200. The summed E-state index contributed by atoms with van der Waals surface area (Å²) < 4.78 is 5.15. The zero-order valence-electron chi connectivity index (χ0n) is 12.5. The lowest BCUT2D eigenvalue weighted by molar-refractivity contribution is 0.314. The highest BCUT2D eigenvalue weighted by atomic mass is 127. The molecule has 0 aliphatic heterocycles. The molecule has 1 aliphatic carbocycles. The minimum absolute atomic E-state index is 0. The van der Waals surface area contributed by atoms with E-state index in [1.807, 2.05) is 13.8 Å². The molecule has 1 saturated carbocycles. The standard InChI is InChI=1S/C14H24N4O.HI/c1-4-15-14(16-8-12-6-5-7-12)17-9-13-10(2)18-19-11(13)3;/h12H,4-9H2,1-3H3,(H2,15,16,17);1H. The van der Waals surface area contributed by atoms with Gasteiger partial charge in [-0.3, -0.25) is 0 Å². The maximum absolute atomic E-state index is 5.15.